The zero-order valence-electron chi connectivity index (χ0n) is 11.8. The maximum absolute atomic E-state index is 10.3. The van der Waals surface area contributed by atoms with Crippen molar-refractivity contribution in [3.63, 3.8) is 0 Å². The summed E-state index contributed by atoms with van der Waals surface area (Å²) >= 11 is 0. The molecular weight excluding hydrogens is 240 g/mol. The lowest BCUT2D eigenvalue weighted by Gasteiger charge is -2.12. The highest BCUT2D eigenvalue weighted by Gasteiger charge is 2.15. The summed E-state index contributed by atoms with van der Waals surface area (Å²) in [6.07, 6.45) is 4.67. The molecule has 104 valence electrons. The van der Waals surface area contributed by atoms with Gasteiger partial charge in [0.2, 0.25) is 0 Å². The number of aromatic nitrogens is 4. The fraction of sp³-hybridized carbons (Fsp3) is 0.571. The molecule has 0 spiro atoms. The molecular formula is C14H22N4O. The standard InChI is InChI=1S/C14H22N4O/c1-4-8-18-13(5-7-15-18)14(19)10-12-6-9-17(16-12)11(2)3/h5-7,9,11,14,19H,4,8,10H2,1-3H3. The normalized spacial score (nSPS) is 13.1. The first-order chi connectivity index (χ1) is 9.11. The molecule has 5 nitrogen and oxygen atoms in total. The molecule has 0 radical (unpaired) electrons. The van der Waals surface area contributed by atoms with E-state index in [1.54, 1.807) is 6.20 Å². The van der Waals surface area contributed by atoms with Crippen LogP contribution in [0, 0.1) is 0 Å². The molecule has 2 aromatic rings. The molecule has 0 amide bonds. The van der Waals surface area contributed by atoms with Crippen LogP contribution in [-0.4, -0.2) is 24.7 Å². The van der Waals surface area contributed by atoms with Gasteiger partial charge in [0.1, 0.15) is 6.10 Å². The molecule has 1 atom stereocenters. The van der Waals surface area contributed by atoms with Crippen LogP contribution in [0.4, 0.5) is 0 Å². The number of hydrogen-bond acceptors (Lipinski definition) is 3. The van der Waals surface area contributed by atoms with Crippen molar-refractivity contribution in [3.8, 4) is 0 Å². The van der Waals surface area contributed by atoms with Crippen molar-refractivity contribution in [2.75, 3.05) is 0 Å². The number of aliphatic hydroxyl groups is 1. The topological polar surface area (TPSA) is 55.9 Å². The number of aliphatic hydroxyl groups excluding tert-OH is 1. The second-order valence-corrected chi connectivity index (χ2v) is 5.08. The fourth-order valence-corrected chi connectivity index (χ4v) is 2.10. The smallest absolute Gasteiger partial charge is 0.101 e. The zero-order valence-corrected chi connectivity index (χ0v) is 11.8. The van der Waals surface area contributed by atoms with Crippen molar-refractivity contribution in [2.24, 2.45) is 0 Å². The second kappa shape index (κ2) is 6.02. The van der Waals surface area contributed by atoms with Crippen molar-refractivity contribution < 1.29 is 5.11 Å². The summed E-state index contributed by atoms with van der Waals surface area (Å²) in [6.45, 7) is 7.11. The van der Waals surface area contributed by atoms with Crippen molar-refractivity contribution in [1.82, 2.24) is 19.6 Å². The Balaban J connectivity index is 2.07. The molecule has 0 saturated carbocycles. The van der Waals surface area contributed by atoms with E-state index in [0.717, 1.165) is 24.4 Å². The highest BCUT2D eigenvalue weighted by molar-refractivity contribution is 5.10. The fourth-order valence-electron chi connectivity index (χ4n) is 2.10. The molecule has 0 saturated heterocycles. The lowest BCUT2D eigenvalue weighted by Crippen LogP contribution is -2.11. The Morgan fingerprint density at radius 1 is 1.32 bits per heavy atom. The average molecular weight is 262 g/mol. The van der Waals surface area contributed by atoms with Crippen LogP contribution in [0.2, 0.25) is 0 Å². The Labute approximate surface area is 113 Å². The number of hydrogen-bond donors (Lipinski definition) is 1. The number of rotatable bonds is 6. The van der Waals surface area contributed by atoms with E-state index < -0.39 is 6.10 Å². The Kier molecular flexibility index (Phi) is 4.37. The van der Waals surface area contributed by atoms with Gasteiger partial charge in [-0.25, -0.2) is 0 Å². The Hall–Kier alpha value is -1.62. The maximum Gasteiger partial charge on any atom is 0.101 e. The van der Waals surface area contributed by atoms with E-state index in [9.17, 15) is 5.11 Å². The summed E-state index contributed by atoms with van der Waals surface area (Å²) in [5.74, 6) is 0. The first-order valence-electron chi connectivity index (χ1n) is 6.85. The van der Waals surface area contributed by atoms with Crippen molar-refractivity contribution >= 4 is 0 Å². The van der Waals surface area contributed by atoms with Crippen LogP contribution in [0.1, 0.15) is 50.7 Å². The highest BCUT2D eigenvalue weighted by Crippen LogP contribution is 2.18. The molecule has 2 heterocycles. The van der Waals surface area contributed by atoms with Gasteiger partial charge in [-0.1, -0.05) is 6.92 Å². The van der Waals surface area contributed by atoms with E-state index in [0.29, 0.717) is 12.5 Å². The van der Waals surface area contributed by atoms with Gasteiger partial charge < -0.3 is 5.11 Å². The molecule has 19 heavy (non-hydrogen) atoms. The second-order valence-electron chi connectivity index (χ2n) is 5.08. The van der Waals surface area contributed by atoms with Crippen molar-refractivity contribution in [3.05, 3.63) is 35.9 Å². The van der Waals surface area contributed by atoms with Crippen LogP contribution in [0.25, 0.3) is 0 Å². The molecule has 0 aliphatic heterocycles. The van der Waals surface area contributed by atoms with Gasteiger partial charge in [0, 0.05) is 31.4 Å². The van der Waals surface area contributed by atoms with Crippen LogP contribution in [0.3, 0.4) is 0 Å². The predicted octanol–water partition coefficient (Wildman–Crippen LogP) is 2.35. The van der Waals surface area contributed by atoms with Gasteiger partial charge in [-0.3, -0.25) is 9.36 Å². The minimum atomic E-state index is -0.551. The molecule has 1 unspecified atom stereocenters. The van der Waals surface area contributed by atoms with E-state index >= 15 is 0 Å². The van der Waals surface area contributed by atoms with Gasteiger partial charge in [0.25, 0.3) is 0 Å². The van der Waals surface area contributed by atoms with Gasteiger partial charge in [0.05, 0.1) is 11.4 Å². The van der Waals surface area contributed by atoms with Crippen LogP contribution in [0.5, 0.6) is 0 Å². The Bertz CT molecular complexity index is 515. The third kappa shape index (κ3) is 3.23. The summed E-state index contributed by atoms with van der Waals surface area (Å²) in [5.41, 5.74) is 1.77. The maximum atomic E-state index is 10.3. The van der Waals surface area contributed by atoms with Crippen molar-refractivity contribution in [1.29, 1.82) is 0 Å². The first-order valence-corrected chi connectivity index (χ1v) is 6.85. The summed E-state index contributed by atoms with van der Waals surface area (Å²) in [5, 5.41) is 19.0. The van der Waals surface area contributed by atoms with E-state index in [1.165, 1.54) is 0 Å². The average Bonchev–Trinajstić information content (AvgIpc) is 2.98. The monoisotopic (exact) mass is 262 g/mol. The third-order valence-electron chi connectivity index (χ3n) is 3.12. The van der Waals surface area contributed by atoms with Crippen LogP contribution >= 0.6 is 0 Å². The van der Waals surface area contributed by atoms with Crippen LogP contribution < -0.4 is 0 Å². The predicted molar refractivity (Wildman–Crippen MR) is 73.8 cm³/mol. The molecule has 5 heteroatoms. The Morgan fingerprint density at radius 3 is 2.74 bits per heavy atom. The van der Waals surface area contributed by atoms with Crippen LogP contribution in [-0.2, 0) is 13.0 Å². The SMILES string of the molecule is CCCn1nccc1C(O)Cc1ccn(C(C)C)n1. The minimum Gasteiger partial charge on any atom is -0.386 e. The first kappa shape index (κ1) is 13.8. The minimum absolute atomic E-state index is 0.344. The Morgan fingerprint density at radius 2 is 2.11 bits per heavy atom. The van der Waals surface area contributed by atoms with E-state index in [2.05, 4.69) is 31.0 Å². The molecule has 2 rings (SSSR count). The summed E-state index contributed by atoms with van der Waals surface area (Å²) in [6, 6.07) is 4.18. The van der Waals surface area contributed by atoms with E-state index in [1.807, 2.05) is 27.7 Å². The highest BCUT2D eigenvalue weighted by atomic mass is 16.3. The number of nitrogens with zero attached hydrogens (tertiary/aromatic N) is 4. The third-order valence-corrected chi connectivity index (χ3v) is 3.12. The largest absolute Gasteiger partial charge is 0.386 e. The zero-order chi connectivity index (χ0) is 13.8. The van der Waals surface area contributed by atoms with Gasteiger partial charge in [-0.05, 0) is 32.4 Å². The molecule has 0 aromatic carbocycles. The van der Waals surface area contributed by atoms with Gasteiger partial charge in [0.15, 0.2) is 0 Å². The van der Waals surface area contributed by atoms with Crippen LogP contribution in [0.15, 0.2) is 24.5 Å². The summed E-state index contributed by atoms with van der Waals surface area (Å²) in [4.78, 5) is 0. The molecule has 1 N–H and O–H groups in total. The molecule has 0 bridgehead atoms. The lowest BCUT2D eigenvalue weighted by atomic mass is 10.1. The molecule has 0 aliphatic carbocycles. The van der Waals surface area contributed by atoms with Crippen molar-refractivity contribution in [2.45, 2.75) is 52.3 Å². The summed E-state index contributed by atoms with van der Waals surface area (Å²) in [7, 11) is 0. The number of aryl methyl sites for hydroxylation is 1. The van der Waals surface area contributed by atoms with Gasteiger partial charge in [-0.2, -0.15) is 10.2 Å². The summed E-state index contributed by atoms with van der Waals surface area (Å²) < 4.78 is 3.77. The van der Waals surface area contributed by atoms with Gasteiger partial charge in [-0.15, -0.1) is 0 Å². The lowest BCUT2D eigenvalue weighted by molar-refractivity contribution is 0.165. The molecule has 0 aliphatic rings. The molecule has 2 aromatic heterocycles. The van der Waals surface area contributed by atoms with E-state index in [-0.39, 0.29) is 0 Å². The van der Waals surface area contributed by atoms with E-state index in [4.69, 9.17) is 0 Å². The molecule has 0 fully saturated rings. The quantitative estimate of drug-likeness (QED) is 0.869. The van der Waals surface area contributed by atoms with Gasteiger partial charge >= 0.3 is 0 Å².